The van der Waals surface area contributed by atoms with E-state index >= 15 is 0 Å². The highest BCUT2D eigenvalue weighted by Crippen LogP contribution is 2.34. The highest BCUT2D eigenvalue weighted by atomic mass is 16.7. The van der Waals surface area contributed by atoms with Crippen LogP contribution in [0.15, 0.2) is 12.7 Å². The molecule has 124 valence electrons. The lowest BCUT2D eigenvalue weighted by Gasteiger charge is -2.42. The van der Waals surface area contributed by atoms with E-state index in [-0.39, 0.29) is 17.4 Å². The molecule has 0 saturated carbocycles. The maximum atomic E-state index is 12.0. The minimum atomic E-state index is -0.494. The average molecular weight is 309 g/mol. The Morgan fingerprint density at radius 2 is 1.82 bits per heavy atom. The number of piperidine rings is 1. The first-order valence-corrected chi connectivity index (χ1v) is 7.78. The second kappa shape index (κ2) is 6.01. The summed E-state index contributed by atoms with van der Waals surface area (Å²) in [6, 6.07) is 0. The Hall–Kier alpha value is -1.40. The summed E-state index contributed by atoms with van der Waals surface area (Å²) in [5.41, 5.74) is -0.504. The minimum absolute atomic E-state index is 0.0106. The molecular weight excluding hydrogens is 282 g/mol. The van der Waals surface area contributed by atoms with Crippen molar-refractivity contribution < 1.29 is 14.4 Å². The molecule has 6 nitrogen and oxygen atoms in total. The maximum Gasteiger partial charge on any atom is 0.330 e. The minimum Gasteiger partial charge on any atom is -0.367 e. The van der Waals surface area contributed by atoms with Crippen LogP contribution >= 0.6 is 0 Å². The first-order chi connectivity index (χ1) is 10.2. The molecule has 0 N–H and O–H groups in total. The molecule has 0 bridgehead atoms. The van der Waals surface area contributed by atoms with Gasteiger partial charge in [-0.05, 0) is 46.7 Å². The van der Waals surface area contributed by atoms with Crippen LogP contribution in [0.2, 0.25) is 0 Å². The second-order valence-electron chi connectivity index (χ2n) is 7.36. The van der Waals surface area contributed by atoms with Gasteiger partial charge in [0.25, 0.3) is 0 Å². The number of likely N-dealkylation sites (N-methyl/N-ethyl adjacent to an activating group) is 1. The van der Waals surface area contributed by atoms with E-state index in [1.165, 1.54) is 6.08 Å². The molecular formula is C16H27N3O3. The van der Waals surface area contributed by atoms with E-state index in [0.717, 1.165) is 19.4 Å². The molecule has 2 saturated heterocycles. The van der Waals surface area contributed by atoms with Crippen molar-refractivity contribution in [2.24, 2.45) is 5.41 Å². The monoisotopic (exact) mass is 309 g/mol. The molecule has 0 aromatic heterocycles. The highest BCUT2D eigenvalue weighted by molar-refractivity contribution is 5.87. The lowest BCUT2D eigenvalue weighted by molar-refractivity contribution is -0.208. The fourth-order valence-electron chi connectivity index (χ4n) is 3.00. The van der Waals surface area contributed by atoms with Crippen molar-refractivity contribution in [1.82, 2.24) is 14.9 Å². The summed E-state index contributed by atoms with van der Waals surface area (Å²) in [7, 11) is 2.05. The quantitative estimate of drug-likeness (QED) is 0.719. The van der Waals surface area contributed by atoms with Crippen LogP contribution in [0.25, 0.3) is 0 Å². The van der Waals surface area contributed by atoms with Crippen LogP contribution in [0, 0.1) is 5.41 Å². The van der Waals surface area contributed by atoms with Gasteiger partial charge in [0.2, 0.25) is 5.91 Å². The molecule has 2 heterocycles. The summed E-state index contributed by atoms with van der Waals surface area (Å²) in [5, 5.41) is 1.75. The van der Waals surface area contributed by atoms with Crippen molar-refractivity contribution >= 4 is 11.9 Å². The van der Waals surface area contributed by atoms with E-state index in [2.05, 4.69) is 11.5 Å². The normalized spacial score (nSPS) is 22.8. The predicted molar refractivity (Wildman–Crippen MR) is 83.6 cm³/mol. The van der Waals surface area contributed by atoms with Crippen molar-refractivity contribution in [1.29, 1.82) is 0 Å². The molecule has 22 heavy (non-hydrogen) atoms. The van der Waals surface area contributed by atoms with Gasteiger partial charge in [-0.1, -0.05) is 6.58 Å². The van der Waals surface area contributed by atoms with Crippen molar-refractivity contribution in [2.45, 2.75) is 39.2 Å². The molecule has 0 aromatic rings. The topological polar surface area (TPSA) is 53.1 Å². The third kappa shape index (κ3) is 3.33. The van der Waals surface area contributed by atoms with Crippen molar-refractivity contribution in [3.63, 3.8) is 0 Å². The number of carbonyl (C=O) groups is 2. The molecule has 2 fully saturated rings. The van der Waals surface area contributed by atoms with Crippen molar-refractivity contribution in [3.8, 4) is 0 Å². The smallest absolute Gasteiger partial charge is 0.330 e. The zero-order valence-electron chi connectivity index (χ0n) is 14.1. The molecule has 0 atom stereocenters. The van der Waals surface area contributed by atoms with Crippen molar-refractivity contribution in [2.75, 3.05) is 33.4 Å². The van der Waals surface area contributed by atoms with E-state index in [1.807, 2.05) is 32.7 Å². The van der Waals surface area contributed by atoms with Gasteiger partial charge in [0.15, 0.2) is 0 Å². The lowest BCUT2D eigenvalue weighted by atomic mass is 9.88. The van der Waals surface area contributed by atoms with Crippen LogP contribution in [0.1, 0.15) is 33.6 Å². The Morgan fingerprint density at radius 1 is 1.23 bits per heavy atom. The predicted octanol–water partition coefficient (Wildman–Crippen LogP) is 1.24. The Bertz CT molecular complexity index is 462. The Labute approximate surface area is 132 Å². The summed E-state index contributed by atoms with van der Waals surface area (Å²) in [4.78, 5) is 33.3. The van der Waals surface area contributed by atoms with Gasteiger partial charge in [-0.15, -0.1) is 5.06 Å². The third-order valence-corrected chi connectivity index (χ3v) is 4.64. The van der Waals surface area contributed by atoms with Crippen LogP contribution < -0.4 is 0 Å². The largest absolute Gasteiger partial charge is 0.367 e. The summed E-state index contributed by atoms with van der Waals surface area (Å²) in [6.45, 7) is 11.9. The van der Waals surface area contributed by atoms with E-state index in [9.17, 15) is 9.59 Å². The zero-order valence-corrected chi connectivity index (χ0v) is 14.1. The second-order valence-corrected chi connectivity index (χ2v) is 7.36. The van der Waals surface area contributed by atoms with Gasteiger partial charge in [-0.3, -0.25) is 9.69 Å². The number of rotatable bonds is 2. The van der Waals surface area contributed by atoms with Gasteiger partial charge in [-0.2, -0.15) is 0 Å². The number of hydroxylamine groups is 2. The first kappa shape index (κ1) is 17.0. The third-order valence-electron chi connectivity index (χ3n) is 4.64. The van der Waals surface area contributed by atoms with Crippen LogP contribution in [-0.4, -0.2) is 65.6 Å². The van der Waals surface area contributed by atoms with Gasteiger partial charge in [-0.25, -0.2) is 4.79 Å². The van der Waals surface area contributed by atoms with Crippen LogP contribution in [0.3, 0.4) is 0 Å². The maximum absolute atomic E-state index is 12.0. The Kier molecular flexibility index (Phi) is 4.63. The van der Waals surface area contributed by atoms with Crippen LogP contribution in [-0.2, 0) is 14.4 Å². The molecule has 1 amide bonds. The standard InChI is InChI=1S/C16H27N3O3/c1-6-13(20)18-11-16(17(5)12-18)7-9-19(10-8-16)22-14(21)15(2,3)4/h6H,1,7-12H2,2-5H3. The van der Waals surface area contributed by atoms with Gasteiger partial charge in [0, 0.05) is 25.2 Å². The summed E-state index contributed by atoms with van der Waals surface area (Å²) in [6.07, 6.45) is 3.12. The van der Waals surface area contributed by atoms with Gasteiger partial charge in [0.05, 0.1) is 12.1 Å². The molecule has 2 aliphatic heterocycles. The Morgan fingerprint density at radius 3 is 2.32 bits per heavy atom. The molecule has 0 aliphatic carbocycles. The highest BCUT2D eigenvalue weighted by Gasteiger charge is 2.46. The van der Waals surface area contributed by atoms with E-state index in [0.29, 0.717) is 19.8 Å². The zero-order chi connectivity index (χ0) is 16.5. The number of nitrogens with zero attached hydrogens (tertiary/aromatic N) is 3. The molecule has 0 aromatic carbocycles. The van der Waals surface area contributed by atoms with E-state index in [1.54, 1.807) is 5.06 Å². The lowest BCUT2D eigenvalue weighted by Crippen LogP contribution is -2.53. The SMILES string of the molecule is C=CC(=O)N1CN(C)C2(CCN(OC(=O)C(C)(C)C)CC2)C1. The van der Waals surface area contributed by atoms with Crippen LogP contribution in [0.5, 0.6) is 0 Å². The molecule has 2 rings (SSSR count). The summed E-state index contributed by atoms with van der Waals surface area (Å²) < 4.78 is 0. The Balaban J connectivity index is 1.93. The molecule has 2 aliphatic rings. The van der Waals surface area contributed by atoms with Crippen molar-refractivity contribution in [3.05, 3.63) is 12.7 Å². The molecule has 0 radical (unpaired) electrons. The molecule has 0 unspecified atom stereocenters. The average Bonchev–Trinajstić information content (AvgIpc) is 2.77. The van der Waals surface area contributed by atoms with E-state index in [4.69, 9.17) is 4.84 Å². The number of carbonyl (C=O) groups excluding carboxylic acids is 2. The van der Waals surface area contributed by atoms with Gasteiger partial charge < -0.3 is 9.74 Å². The summed E-state index contributed by atoms with van der Waals surface area (Å²) >= 11 is 0. The van der Waals surface area contributed by atoms with E-state index < -0.39 is 5.41 Å². The fraction of sp³-hybridized carbons (Fsp3) is 0.750. The first-order valence-electron chi connectivity index (χ1n) is 7.78. The van der Waals surface area contributed by atoms with Crippen LogP contribution in [0.4, 0.5) is 0 Å². The van der Waals surface area contributed by atoms with Gasteiger partial charge in [0.1, 0.15) is 0 Å². The fourth-order valence-corrected chi connectivity index (χ4v) is 3.00. The molecule has 6 heteroatoms. The summed E-state index contributed by atoms with van der Waals surface area (Å²) in [5.74, 6) is -0.225. The van der Waals surface area contributed by atoms with Gasteiger partial charge >= 0.3 is 5.97 Å². The number of amides is 1. The molecule has 1 spiro atoms. The number of hydrogen-bond donors (Lipinski definition) is 0. The number of hydrogen-bond acceptors (Lipinski definition) is 5.